The maximum absolute atomic E-state index is 13.9. The third-order valence-electron chi connectivity index (χ3n) is 11.2. The molecule has 0 aromatic carbocycles. The van der Waals surface area contributed by atoms with Crippen LogP contribution in [0.4, 0.5) is 0 Å². The van der Waals surface area contributed by atoms with Crippen LogP contribution in [0.1, 0.15) is 80.6 Å². The van der Waals surface area contributed by atoms with Gasteiger partial charge in [0.2, 0.25) is 59.1 Å². The van der Waals surface area contributed by atoms with Gasteiger partial charge in [-0.2, -0.15) is 12.6 Å². The molecule has 0 aromatic heterocycles. The predicted molar refractivity (Wildman–Crippen MR) is 254 cm³/mol. The molecule has 19 N–H and O–H groups in total. The largest absolute Gasteiger partial charge is 0.481 e. The number of carbonyl (C=O) groups excluding carboxylic acids is 10. The number of carbonyl (C=O) groups is 12. The molecule has 0 aliphatic carbocycles. The molecule has 0 spiro atoms. The number of nitrogens with two attached hydrogens (primary N) is 2. The first kappa shape index (κ1) is 65.8. The smallest absolute Gasteiger partial charge is 0.326 e. The SMILES string of the molecule is CC[C@H](C)[C@H](NC(=O)[C@H](CO)NC(=O)[C@H](CS)NC(=O)[C@@H](N)CO)C(=O)N[C@@H](CO)C(=O)N[C@@H](CC(N)=O)C(=O)N[C@H](C(=O)N[C@@H](CCC(=O)O)C(=O)N[C@H](C(=O)N[C@H](C(=O)O)C(C)C)[C@@H](C)O)[C@@H](C)CC. The molecule has 0 rings (SSSR count). The van der Waals surface area contributed by atoms with Gasteiger partial charge in [0.15, 0.2) is 0 Å². The van der Waals surface area contributed by atoms with Gasteiger partial charge in [0.1, 0.15) is 60.4 Å². The number of amides is 10. The summed E-state index contributed by atoms with van der Waals surface area (Å²) in [7, 11) is 0. The Morgan fingerprint density at radius 1 is 0.486 bits per heavy atom. The number of aliphatic hydroxyl groups is 4. The van der Waals surface area contributed by atoms with Crippen molar-refractivity contribution in [3.63, 3.8) is 0 Å². The molecule has 13 atom stereocenters. The second-order valence-electron chi connectivity index (χ2n) is 17.3. The normalized spacial score (nSPS) is 16.6. The van der Waals surface area contributed by atoms with Gasteiger partial charge in [-0.1, -0.05) is 54.4 Å². The first-order valence-electron chi connectivity index (χ1n) is 22.9. The van der Waals surface area contributed by atoms with E-state index in [4.69, 9.17) is 16.6 Å². The van der Waals surface area contributed by atoms with Gasteiger partial charge in [0.25, 0.3) is 0 Å². The summed E-state index contributed by atoms with van der Waals surface area (Å²) in [4.78, 5) is 155. The number of aliphatic hydroxyl groups excluding tert-OH is 4. The Morgan fingerprint density at radius 3 is 1.24 bits per heavy atom. The second kappa shape index (κ2) is 32.7. The fraction of sp³-hybridized carbons (Fsp3) is 0.714. The Kier molecular flexibility index (Phi) is 29.9. The van der Waals surface area contributed by atoms with Crippen LogP contribution in [-0.2, 0) is 57.5 Å². The third-order valence-corrected chi connectivity index (χ3v) is 11.5. The summed E-state index contributed by atoms with van der Waals surface area (Å²) < 4.78 is 0. The lowest BCUT2D eigenvalue weighted by Gasteiger charge is -2.30. The zero-order valence-corrected chi connectivity index (χ0v) is 42.0. The average molecular weight is 1050 g/mol. The molecule has 0 aliphatic rings. The fourth-order valence-electron chi connectivity index (χ4n) is 6.29. The number of thiol groups is 1. The molecule has 0 aromatic rings. The minimum Gasteiger partial charge on any atom is -0.481 e. The molecule has 0 bridgehead atoms. The van der Waals surface area contributed by atoms with E-state index in [1.165, 1.54) is 27.7 Å². The van der Waals surface area contributed by atoms with Gasteiger partial charge in [-0.3, -0.25) is 52.7 Å². The number of hydrogen-bond donors (Lipinski definition) is 18. The molecule has 10 amide bonds. The first-order valence-corrected chi connectivity index (χ1v) is 23.5. The van der Waals surface area contributed by atoms with E-state index in [0.29, 0.717) is 0 Å². The van der Waals surface area contributed by atoms with E-state index in [9.17, 15) is 83.1 Å². The highest BCUT2D eigenvalue weighted by atomic mass is 32.1. The molecule has 0 heterocycles. The van der Waals surface area contributed by atoms with Crippen molar-refractivity contribution >= 4 is 83.6 Å². The summed E-state index contributed by atoms with van der Waals surface area (Å²) in [6.45, 7) is 7.40. The van der Waals surface area contributed by atoms with Crippen LogP contribution < -0.4 is 59.3 Å². The molecule has 0 unspecified atom stereocenters. The zero-order valence-electron chi connectivity index (χ0n) is 41.1. The molecular weight excluding hydrogens is 979 g/mol. The molecule has 0 aliphatic heterocycles. The van der Waals surface area contributed by atoms with Crippen LogP contribution in [0.15, 0.2) is 0 Å². The molecule has 0 radical (unpaired) electrons. The van der Waals surface area contributed by atoms with E-state index in [1.54, 1.807) is 13.8 Å². The van der Waals surface area contributed by atoms with Crippen molar-refractivity contribution in [2.75, 3.05) is 25.6 Å². The minimum atomic E-state index is -1.90. The van der Waals surface area contributed by atoms with E-state index in [-0.39, 0.29) is 18.6 Å². The maximum Gasteiger partial charge on any atom is 0.326 e. The molecule has 410 valence electrons. The highest BCUT2D eigenvalue weighted by Crippen LogP contribution is 2.13. The number of nitrogens with one attached hydrogen (secondary N) is 9. The third kappa shape index (κ3) is 22.1. The summed E-state index contributed by atoms with van der Waals surface area (Å²) >= 11 is 3.99. The van der Waals surface area contributed by atoms with E-state index in [2.05, 4.69) is 60.5 Å². The van der Waals surface area contributed by atoms with Crippen LogP contribution in [0, 0.1) is 17.8 Å². The first-order chi connectivity index (χ1) is 33.5. The van der Waals surface area contributed by atoms with Gasteiger partial charge < -0.3 is 90.0 Å². The van der Waals surface area contributed by atoms with E-state index in [1.807, 2.05) is 0 Å². The number of carboxylic acids is 2. The summed E-state index contributed by atoms with van der Waals surface area (Å²) in [5.74, 6) is -16.5. The van der Waals surface area contributed by atoms with Gasteiger partial charge in [0.05, 0.1) is 32.3 Å². The number of aliphatic carboxylic acids is 2. The van der Waals surface area contributed by atoms with E-state index < -0.39 is 194 Å². The van der Waals surface area contributed by atoms with Gasteiger partial charge in [-0.25, -0.2) is 4.79 Å². The van der Waals surface area contributed by atoms with Crippen molar-refractivity contribution in [2.45, 2.75) is 147 Å². The Hall–Kier alpha value is -6.21. The maximum atomic E-state index is 13.9. The molecule has 72 heavy (non-hydrogen) atoms. The standard InChI is InChI=1S/C42H73N11O18S/c1-8-18(5)30(39(67)45-22(10-11-28(59)60)34(62)53-32(20(7)57)41(69)50-29(17(3)4)42(70)71)51-35(63)23(12-27(44)58)46-36(64)24(14-55)48-40(68)31(19(6)9-2)52-37(65)25(15-56)47-38(66)26(16-72)49-33(61)21(43)13-54/h17-26,29-32,54-57,72H,8-16,43H2,1-7H3,(H2,44,58)(H,45,67)(H,46,64)(H,47,66)(H,48,68)(H,49,61)(H,50,69)(H,51,63)(H,52,65)(H,53,62)(H,59,60)(H,70,71)/t18-,19-,20+,21-,22-,23-,24-,25-,26-,29-,30-,31-,32-/m0/s1. The van der Waals surface area contributed by atoms with Crippen molar-refractivity contribution in [1.82, 2.24) is 47.9 Å². The van der Waals surface area contributed by atoms with Crippen LogP contribution >= 0.6 is 12.6 Å². The lowest BCUT2D eigenvalue weighted by molar-refractivity contribution is -0.144. The molecule has 29 nitrogen and oxygen atoms in total. The number of rotatable bonds is 34. The topological polar surface area (TPSA) is 487 Å². The van der Waals surface area contributed by atoms with Crippen LogP contribution in [0.25, 0.3) is 0 Å². The summed E-state index contributed by atoms with van der Waals surface area (Å²) in [5.41, 5.74) is 10.8. The van der Waals surface area contributed by atoms with Gasteiger partial charge >= 0.3 is 11.9 Å². The van der Waals surface area contributed by atoms with Crippen molar-refractivity contribution in [3.8, 4) is 0 Å². The van der Waals surface area contributed by atoms with E-state index >= 15 is 0 Å². The molecule has 0 saturated heterocycles. The van der Waals surface area contributed by atoms with Crippen LogP contribution in [0.5, 0.6) is 0 Å². The highest BCUT2D eigenvalue weighted by Gasteiger charge is 2.38. The van der Waals surface area contributed by atoms with Gasteiger partial charge in [0, 0.05) is 12.2 Å². The van der Waals surface area contributed by atoms with Crippen molar-refractivity contribution < 1.29 is 88.2 Å². The zero-order chi connectivity index (χ0) is 55.7. The minimum absolute atomic E-state index is 0.162. The predicted octanol–water partition coefficient (Wildman–Crippen LogP) is -7.46. The molecule has 30 heteroatoms. The summed E-state index contributed by atoms with van der Waals surface area (Å²) in [5, 5.41) is 78.8. The average Bonchev–Trinajstić information content (AvgIpc) is 3.32. The molecule has 0 saturated carbocycles. The number of hydrogen-bond acceptors (Lipinski definition) is 18. The van der Waals surface area contributed by atoms with Crippen molar-refractivity contribution in [3.05, 3.63) is 0 Å². The molecule has 0 fully saturated rings. The number of carboxylic acid groups (broad SMARTS) is 2. The van der Waals surface area contributed by atoms with Crippen LogP contribution in [-0.4, -0.2) is 194 Å². The Balaban J connectivity index is 6.48. The lowest BCUT2D eigenvalue weighted by atomic mass is 9.96. The summed E-state index contributed by atoms with van der Waals surface area (Å²) in [6, 6.07) is -16.4. The van der Waals surface area contributed by atoms with Crippen LogP contribution in [0.3, 0.4) is 0 Å². The second-order valence-corrected chi connectivity index (χ2v) is 17.6. The Bertz CT molecular complexity index is 1910. The van der Waals surface area contributed by atoms with E-state index in [0.717, 1.165) is 6.92 Å². The van der Waals surface area contributed by atoms with Crippen LogP contribution in [0.2, 0.25) is 0 Å². The Morgan fingerprint density at radius 2 is 0.847 bits per heavy atom. The fourth-order valence-corrected chi connectivity index (χ4v) is 6.54. The van der Waals surface area contributed by atoms with Crippen molar-refractivity contribution in [1.29, 1.82) is 0 Å². The summed E-state index contributed by atoms with van der Waals surface area (Å²) in [6.07, 6.45) is -3.50. The van der Waals surface area contributed by atoms with Gasteiger partial charge in [-0.15, -0.1) is 0 Å². The molecular formula is C42H73N11O18S. The monoisotopic (exact) mass is 1050 g/mol. The number of primary amides is 1. The Labute approximate surface area is 420 Å². The lowest BCUT2D eigenvalue weighted by Crippen LogP contribution is -2.63. The van der Waals surface area contributed by atoms with Crippen molar-refractivity contribution in [2.24, 2.45) is 29.2 Å². The highest BCUT2D eigenvalue weighted by molar-refractivity contribution is 7.80. The quantitative estimate of drug-likeness (QED) is 0.0266. The van der Waals surface area contributed by atoms with Gasteiger partial charge in [-0.05, 0) is 31.1 Å².